The van der Waals surface area contributed by atoms with Crippen LogP contribution < -0.4 is 5.73 Å². The van der Waals surface area contributed by atoms with Crippen LogP contribution in [0, 0.1) is 0 Å². The molecule has 3 nitrogen and oxygen atoms in total. The molecule has 1 aromatic rings. The van der Waals surface area contributed by atoms with Crippen LogP contribution in [0.15, 0.2) is 18.2 Å². The van der Waals surface area contributed by atoms with E-state index in [0.717, 1.165) is 24.9 Å². The van der Waals surface area contributed by atoms with Gasteiger partial charge in [0.05, 0.1) is 16.1 Å². The van der Waals surface area contributed by atoms with Gasteiger partial charge >= 0.3 is 0 Å². The molecule has 5 heteroatoms. The maximum Gasteiger partial charge on any atom is 0.239 e. The molecule has 0 saturated carbocycles. The normalized spacial score (nSPS) is 20.8. The van der Waals surface area contributed by atoms with Crippen LogP contribution in [0.3, 0.4) is 0 Å². The lowest BCUT2D eigenvalue weighted by atomic mass is 10.0. The number of hydrogen-bond acceptors (Lipinski definition) is 2. The van der Waals surface area contributed by atoms with Gasteiger partial charge in [0.15, 0.2) is 0 Å². The molecule has 0 bridgehead atoms. The molecule has 2 rings (SSSR count). The molecule has 1 aliphatic heterocycles. The fourth-order valence-electron chi connectivity index (χ4n) is 1.99. The van der Waals surface area contributed by atoms with E-state index in [9.17, 15) is 4.79 Å². The van der Waals surface area contributed by atoms with Crippen molar-refractivity contribution in [2.75, 3.05) is 6.54 Å². The molecule has 0 radical (unpaired) electrons. The minimum absolute atomic E-state index is 0.0160. The Kier molecular flexibility index (Phi) is 3.92. The van der Waals surface area contributed by atoms with E-state index in [2.05, 4.69) is 0 Å². The zero-order valence-corrected chi connectivity index (χ0v) is 10.8. The molecule has 1 fully saturated rings. The predicted molar refractivity (Wildman–Crippen MR) is 69.1 cm³/mol. The topological polar surface area (TPSA) is 46.3 Å². The van der Waals surface area contributed by atoms with Gasteiger partial charge in [-0.3, -0.25) is 4.79 Å². The lowest BCUT2D eigenvalue weighted by Gasteiger charge is -2.30. The zero-order valence-electron chi connectivity index (χ0n) is 9.33. The van der Waals surface area contributed by atoms with E-state index in [4.69, 9.17) is 28.9 Å². The van der Waals surface area contributed by atoms with Gasteiger partial charge < -0.3 is 10.6 Å². The number of carbonyl (C=O) groups excluding carboxylic acids is 1. The molecule has 92 valence electrons. The quantitative estimate of drug-likeness (QED) is 0.899. The minimum Gasteiger partial charge on any atom is -0.337 e. The van der Waals surface area contributed by atoms with Gasteiger partial charge in [-0.1, -0.05) is 29.3 Å². The molecule has 1 amide bonds. The van der Waals surface area contributed by atoms with E-state index in [0.29, 0.717) is 16.6 Å². The summed E-state index contributed by atoms with van der Waals surface area (Å²) < 4.78 is 0. The number of halogens is 2. The molecular formula is C12H14Cl2N2O. The fraction of sp³-hybridized carbons (Fsp3) is 0.417. The van der Waals surface area contributed by atoms with Gasteiger partial charge in [0.2, 0.25) is 5.91 Å². The Morgan fingerprint density at radius 3 is 2.82 bits per heavy atom. The van der Waals surface area contributed by atoms with Crippen molar-refractivity contribution in [3.05, 3.63) is 33.8 Å². The first-order valence-electron chi connectivity index (χ1n) is 5.56. The van der Waals surface area contributed by atoms with Gasteiger partial charge in [-0.05, 0) is 30.5 Å². The van der Waals surface area contributed by atoms with Crippen LogP contribution in [-0.4, -0.2) is 23.4 Å². The Balaban J connectivity index is 2.09. The van der Waals surface area contributed by atoms with Crippen LogP contribution in [-0.2, 0) is 11.3 Å². The van der Waals surface area contributed by atoms with Gasteiger partial charge in [-0.25, -0.2) is 0 Å². The number of benzene rings is 1. The smallest absolute Gasteiger partial charge is 0.239 e. The molecule has 17 heavy (non-hydrogen) atoms. The number of nitrogens with zero attached hydrogens (tertiary/aromatic N) is 1. The summed E-state index contributed by atoms with van der Waals surface area (Å²) in [6, 6.07) is 5.05. The largest absolute Gasteiger partial charge is 0.337 e. The second-order valence-electron chi connectivity index (χ2n) is 4.26. The summed E-state index contributed by atoms with van der Waals surface area (Å²) >= 11 is 11.8. The van der Waals surface area contributed by atoms with E-state index in [-0.39, 0.29) is 11.9 Å². The summed E-state index contributed by atoms with van der Waals surface area (Å²) in [6.07, 6.45) is 1.73. The van der Waals surface area contributed by atoms with E-state index in [1.165, 1.54) is 0 Å². The fourth-order valence-corrected chi connectivity index (χ4v) is 2.31. The van der Waals surface area contributed by atoms with Crippen molar-refractivity contribution in [2.24, 2.45) is 5.73 Å². The standard InChI is InChI=1S/C12H14Cl2N2O/c13-9-4-3-8(6-10(9)14)7-16-5-1-2-11(15)12(16)17/h3-4,6,11H,1-2,5,7,15H2/t11-/m0/s1. The Hall–Kier alpha value is -0.770. The SMILES string of the molecule is N[C@H]1CCCN(Cc2ccc(Cl)c(Cl)c2)C1=O. The van der Waals surface area contributed by atoms with E-state index in [1.54, 1.807) is 17.0 Å². The summed E-state index contributed by atoms with van der Waals surface area (Å²) in [7, 11) is 0. The van der Waals surface area contributed by atoms with Gasteiger partial charge in [0.25, 0.3) is 0 Å². The highest BCUT2D eigenvalue weighted by Crippen LogP contribution is 2.24. The first-order valence-corrected chi connectivity index (χ1v) is 6.32. The summed E-state index contributed by atoms with van der Waals surface area (Å²) in [4.78, 5) is 13.6. The van der Waals surface area contributed by atoms with E-state index >= 15 is 0 Å². The summed E-state index contributed by atoms with van der Waals surface area (Å²) in [6.45, 7) is 1.30. The molecule has 1 aromatic carbocycles. The van der Waals surface area contributed by atoms with Gasteiger partial charge in [0.1, 0.15) is 0 Å². The Labute approximate surface area is 110 Å². The Bertz CT molecular complexity index is 437. The van der Waals surface area contributed by atoms with Crippen LogP contribution in [0.1, 0.15) is 18.4 Å². The number of likely N-dealkylation sites (tertiary alicyclic amines) is 1. The molecule has 0 unspecified atom stereocenters. The second kappa shape index (κ2) is 5.25. The summed E-state index contributed by atoms with van der Waals surface area (Å²) in [5, 5.41) is 1.04. The first kappa shape index (κ1) is 12.7. The van der Waals surface area contributed by atoms with Crippen molar-refractivity contribution in [3.8, 4) is 0 Å². The highest BCUT2D eigenvalue weighted by atomic mass is 35.5. The van der Waals surface area contributed by atoms with Crippen LogP contribution in [0.5, 0.6) is 0 Å². The van der Waals surface area contributed by atoms with Crippen molar-refractivity contribution in [1.29, 1.82) is 0 Å². The van der Waals surface area contributed by atoms with Crippen molar-refractivity contribution < 1.29 is 4.79 Å². The zero-order chi connectivity index (χ0) is 12.4. The number of piperidine rings is 1. The molecule has 0 spiro atoms. The monoisotopic (exact) mass is 272 g/mol. The van der Waals surface area contributed by atoms with E-state index in [1.807, 2.05) is 6.07 Å². The van der Waals surface area contributed by atoms with Crippen molar-refractivity contribution in [2.45, 2.75) is 25.4 Å². The third kappa shape index (κ3) is 2.92. The average molecular weight is 273 g/mol. The van der Waals surface area contributed by atoms with Crippen LogP contribution in [0.25, 0.3) is 0 Å². The summed E-state index contributed by atoms with van der Waals surface area (Å²) in [5.41, 5.74) is 6.71. The number of amides is 1. The van der Waals surface area contributed by atoms with Gasteiger partial charge in [-0.2, -0.15) is 0 Å². The molecule has 0 aliphatic carbocycles. The van der Waals surface area contributed by atoms with Crippen LogP contribution in [0.2, 0.25) is 10.0 Å². The van der Waals surface area contributed by atoms with Crippen LogP contribution in [0.4, 0.5) is 0 Å². The molecular weight excluding hydrogens is 259 g/mol. The molecule has 1 heterocycles. The molecule has 1 atom stereocenters. The lowest BCUT2D eigenvalue weighted by Crippen LogP contribution is -2.47. The van der Waals surface area contributed by atoms with Crippen molar-refractivity contribution in [3.63, 3.8) is 0 Å². The third-order valence-corrected chi connectivity index (χ3v) is 3.67. The number of nitrogens with two attached hydrogens (primary N) is 1. The Morgan fingerprint density at radius 2 is 2.12 bits per heavy atom. The lowest BCUT2D eigenvalue weighted by molar-refractivity contribution is -0.135. The molecule has 2 N–H and O–H groups in total. The van der Waals surface area contributed by atoms with Crippen molar-refractivity contribution >= 4 is 29.1 Å². The molecule has 1 aliphatic rings. The highest BCUT2D eigenvalue weighted by Gasteiger charge is 2.25. The third-order valence-electron chi connectivity index (χ3n) is 2.93. The minimum atomic E-state index is -0.355. The summed E-state index contributed by atoms with van der Waals surface area (Å²) in [5.74, 6) is 0.0160. The maximum absolute atomic E-state index is 11.8. The second-order valence-corrected chi connectivity index (χ2v) is 5.07. The van der Waals surface area contributed by atoms with E-state index < -0.39 is 0 Å². The molecule has 0 aromatic heterocycles. The van der Waals surface area contributed by atoms with Crippen molar-refractivity contribution in [1.82, 2.24) is 4.90 Å². The number of carbonyl (C=O) groups is 1. The Morgan fingerprint density at radius 1 is 1.35 bits per heavy atom. The molecule has 1 saturated heterocycles. The van der Waals surface area contributed by atoms with Crippen LogP contribution >= 0.6 is 23.2 Å². The maximum atomic E-state index is 11.8. The van der Waals surface area contributed by atoms with Gasteiger partial charge in [-0.15, -0.1) is 0 Å². The predicted octanol–water partition coefficient (Wildman–Crippen LogP) is 2.44. The highest BCUT2D eigenvalue weighted by molar-refractivity contribution is 6.42. The van der Waals surface area contributed by atoms with Gasteiger partial charge in [0, 0.05) is 13.1 Å². The average Bonchev–Trinajstić information content (AvgIpc) is 2.30. The first-order chi connectivity index (χ1) is 8.08. The number of rotatable bonds is 2. The number of hydrogen-bond donors (Lipinski definition) is 1.